The summed E-state index contributed by atoms with van der Waals surface area (Å²) in [6.45, 7) is 0. The largest absolute Gasteiger partial charge is 0.339 e. The zero-order valence-electron chi connectivity index (χ0n) is 4.29. The molecular formula is C4H4N2OPdS. The third-order valence-corrected chi connectivity index (χ3v) is 0.906. The van der Waals surface area contributed by atoms with Gasteiger partial charge in [-0.2, -0.15) is 0 Å². The summed E-state index contributed by atoms with van der Waals surface area (Å²) in [6, 6.07) is 1.37. The van der Waals surface area contributed by atoms with Crippen molar-refractivity contribution < 1.29 is 20.4 Å². The fraction of sp³-hybridized carbons (Fsp3) is 0. The van der Waals surface area contributed by atoms with Crippen LogP contribution in [0.3, 0.4) is 0 Å². The van der Waals surface area contributed by atoms with Crippen LogP contribution < -0.4 is 5.56 Å². The number of rotatable bonds is 0. The number of nitrogens with one attached hydrogen (secondary N) is 2. The van der Waals surface area contributed by atoms with Crippen LogP contribution in [0.2, 0.25) is 0 Å². The minimum absolute atomic E-state index is 0. The molecule has 1 heterocycles. The Labute approximate surface area is 70.2 Å². The minimum atomic E-state index is -0.172. The van der Waals surface area contributed by atoms with Gasteiger partial charge in [0.1, 0.15) is 0 Å². The standard InChI is InChI=1S/C4H4N2OS.Pd/c7-3-1-2-5-4(8)6-3;/h1-2H,(H2,5,6,7,8);. The number of H-pyrrole nitrogens is 2. The van der Waals surface area contributed by atoms with E-state index in [-0.39, 0.29) is 26.0 Å². The molecule has 0 bridgehead atoms. The molecule has 0 spiro atoms. The first-order valence-corrected chi connectivity index (χ1v) is 2.48. The first-order valence-electron chi connectivity index (χ1n) is 2.07. The molecule has 0 aromatic carbocycles. The Morgan fingerprint density at radius 2 is 2.22 bits per heavy atom. The van der Waals surface area contributed by atoms with Crippen molar-refractivity contribution in [3.05, 3.63) is 27.4 Å². The first kappa shape index (κ1) is 8.76. The summed E-state index contributed by atoms with van der Waals surface area (Å²) in [5.41, 5.74) is -0.172. The molecule has 0 saturated heterocycles. The predicted molar refractivity (Wildman–Crippen MR) is 32.2 cm³/mol. The molecule has 2 N–H and O–H groups in total. The predicted octanol–water partition coefficient (Wildman–Crippen LogP) is 0.430. The zero-order chi connectivity index (χ0) is 5.98. The summed E-state index contributed by atoms with van der Waals surface area (Å²) >= 11 is 4.59. The van der Waals surface area contributed by atoms with Crippen LogP contribution in [0.4, 0.5) is 0 Å². The molecular weight excluding hydrogens is 231 g/mol. The van der Waals surface area contributed by atoms with E-state index in [1.807, 2.05) is 0 Å². The molecule has 5 heteroatoms. The molecule has 1 aromatic heterocycles. The Hall–Kier alpha value is -0.238. The molecule has 1 aromatic rings. The van der Waals surface area contributed by atoms with Crippen LogP contribution in [0.1, 0.15) is 0 Å². The molecule has 0 atom stereocenters. The van der Waals surface area contributed by atoms with E-state index >= 15 is 0 Å². The molecule has 0 radical (unpaired) electrons. The second-order valence-electron chi connectivity index (χ2n) is 1.30. The van der Waals surface area contributed by atoms with Crippen LogP contribution in [0.25, 0.3) is 0 Å². The fourth-order valence-electron chi connectivity index (χ4n) is 0.383. The average molecular weight is 235 g/mol. The minimum Gasteiger partial charge on any atom is -0.339 e. The maximum Gasteiger partial charge on any atom is 0.251 e. The van der Waals surface area contributed by atoms with E-state index in [1.54, 1.807) is 0 Å². The second-order valence-corrected chi connectivity index (χ2v) is 1.70. The van der Waals surface area contributed by atoms with E-state index in [0.717, 1.165) is 0 Å². The van der Waals surface area contributed by atoms with Crippen molar-refractivity contribution in [3.63, 3.8) is 0 Å². The Morgan fingerprint density at radius 1 is 1.56 bits per heavy atom. The van der Waals surface area contributed by atoms with Gasteiger partial charge >= 0.3 is 0 Å². The summed E-state index contributed by atoms with van der Waals surface area (Å²) in [6.07, 6.45) is 1.50. The Morgan fingerprint density at radius 3 is 2.56 bits per heavy atom. The molecule has 0 aliphatic carbocycles. The zero-order valence-corrected chi connectivity index (χ0v) is 6.66. The van der Waals surface area contributed by atoms with Gasteiger partial charge in [0.2, 0.25) is 0 Å². The summed E-state index contributed by atoms with van der Waals surface area (Å²) < 4.78 is 0.359. The van der Waals surface area contributed by atoms with Crippen molar-refractivity contribution in [3.8, 4) is 0 Å². The topological polar surface area (TPSA) is 48.6 Å². The quantitative estimate of drug-likeness (QED) is 0.505. The molecule has 0 aliphatic heterocycles. The Kier molecular flexibility index (Phi) is 3.63. The molecule has 3 nitrogen and oxygen atoms in total. The van der Waals surface area contributed by atoms with Crippen molar-refractivity contribution >= 4 is 12.2 Å². The van der Waals surface area contributed by atoms with Crippen LogP contribution in [-0.2, 0) is 20.4 Å². The van der Waals surface area contributed by atoms with Crippen LogP contribution in [0, 0.1) is 4.77 Å². The van der Waals surface area contributed by atoms with Crippen molar-refractivity contribution in [2.45, 2.75) is 0 Å². The van der Waals surface area contributed by atoms with Gasteiger partial charge < -0.3 is 4.98 Å². The maximum atomic E-state index is 10.3. The van der Waals surface area contributed by atoms with Crippen LogP contribution >= 0.6 is 12.2 Å². The van der Waals surface area contributed by atoms with E-state index in [1.165, 1.54) is 12.3 Å². The van der Waals surface area contributed by atoms with E-state index in [4.69, 9.17) is 0 Å². The SMILES string of the molecule is O=c1cc[nH]c(=S)[nH]1.[Pd]. The van der Waals surface area contributed by atoms with E-state index in [9.17, 15) is 4.79 Å². The average Bonchev–Trinajstić information content (AvgIpc) is 1.64. The number of aromatic amines is 2. The normalized spacial score (nSPS) is 8.00. The summed E-state index contributed by atoms with van der Waals surface area (Å²) in [5.74, 6) is 0. The maximum absolute atomic E-state index is 10.3. The van der Waals surface area contributed by atoms with Gasteiger partial charge in [0, 0.05) is 32.7 Å². The van der Waals surface area contributed by atoms with Gasteiger partial charge in [0.05, 0.1) is 0 Å². The van der Waals surface area contributed by atoms with Crippen LogP contribution in [0.5, 0.6) is 0 Å². The van der Waals surface area contributed by atoms with Gasteiger partial charge in [-0.3, -0.25) is 9.78 Å². The summed E-state index contributed by atoms with van der Waals surface area (Å²) in [4.78, 5) is 15.4. The van der Waals surface area contributed by atoms with Crippen molar-refractivity contribution in [1.82, 2.24) is 9.97 Å². The molecule has 9 heavy (non-hydrogen) atoms. The van der Waals surface area contributed by atoms with E-state index < -0.39 is 0 Å². The number of aromatic nitrogens is 2. The van der Waals surface area contributed by atoms with E-state index in [0.29, 0.717) is 4.77 Å². The molecule has 0 fully saturated rings. The van der Waals surface area contributed by atoms with Crippen LogP contribution in [-0.4, -0.2) is 9.97 Å². The first-order chi connectivity index (χ1) is 3.79. The molecule has 1 rings (SSSR count). The Bertz CT molecular complexity index is 253. The smallest absolute Gasteiger partial charge is 0.251 e. The monoisotopic (exact) mass is 234 g/mol. The van der Waals surface area contributed by atoms with Crippen molar-refractivity contribution in [1.29, 1.82) is 0 Å². The number of hydrogen-bond acceptors (Lipinski definition) is 2. The second kappa shape index (κ2) is 3.72. The van der Waals surface area contributed by atoms with Crippen molar-refractivity contribution in [2.24, 2.45) is 0 Å². The molecule has 52 valence electrons. The third-order valence-electron chi connectivity index (χ3n) is 0.686. The summed E-state index contributed by atoms with van der Waals surface area (Å²) in [7, 11) is 0. The number of hydrogen-bond donors (Lipinski definition) is 2. The van der Waals surface area contributed by atoms with Gasteiger partial charge in [-0.25, -0.2) is 0 Å². The molecule has 0 unspecified atom stereocenters. The molecule has 0 amide bonds. The van der Waals surface area contributed by atoms with Gasteiger partial charge in [-0.1, -0.05) is 0 Å². The molecule has 0 saturated carbocycles. The third kappa shape index (κ3) is 2.70. The van der Waals surface area contributed by atoms with Gasteiger partial charge in [-0.05, 0) is 12.2 Å². The van der Waals surface area contributed by atoms with Crippen molar-refractivity contribution in [2.75, 3.05) is 0 Å². The van der Waals surface area contributed by atoms with Gasteiger partial charge in [0.25, 0.3) is 5.56 Å². The summed E-state index contributed by atoms with van der Waals surface area (Å²) in [5, 5.41) is 0. The van der Waals surface area contributed by atoms with Gasteiger partial charge in [-0.15, -0.1) is 0 Å². The van der Waals surface area contributed by atoms with Crippen LogP contribution in [0.15, 0.2) is 17.1 Å². The molecule has 0 aliphatic rings. The fourth-order valence-corrected chi connectivity index (χ4v) is 0.551. The van der Waals surface area contributed by atoms with Gasteiger partial charge in [0.15, 0.2) is 4.77 Å². The Balaban J connectivity index is 0.000000640. The van der Waals surface area contributed by atoms with E-state index in [2.05, 4.69) is 22.2 Å².